The van der Waals surface area contributed by atoms with Crippen LogP contribution in [0.15, 0.2) is 18.2 Å². The smallest absolute Gasteiger partial charge is 0.335 e. The molecule has 1 N–H and O–H groups in total. The molecule has 0 radical (unpaired) electrons. The molecule has 0 fully saturated rings. The zero-order chi connectivity index (χ0) is 11.0. The van der Waals surface area contributed by atoms with Crippen LogP contribution in [0.2, 0.25) is 0 Å². The third kappa shape index (κ3) is 1.63. The first-order valence-corrected chi connectivity index (χ1v) is 4.82. The van der Waals surface area contributed by atoms with Crippen molar-refractivity contribution in [2.45, 2.75) is 13.0 Å². The van der Waals surface area contributed by atoms with E-state index in [1.54, 1.807) is 18.2 Å². The van der Waals surface area contributed by atoms with E-state index < -0.39 is 5.97 Å². The Morgan fingerprint density at radius 2 is 2.33 bits per heavy atom. The summed E-state index contributed by atoms with van der Waals surface area (Å²) in [6.07, 6.45) is 0. The summed E-state index contributed by atoms with van der Waals surface area (Å²) in [5.74, 6) is -0.162. The third-order valence-corrected chi connectivity index (χ3v) is 2.73. The van der Waals surface area contributed by atoms with Gasteiger partial charge < -0.3 is 14.7 Å². The molecular weight excluding hydrogens is 194 g/mol. The SMILES string of the molecule is CC1COc2ccc(C(=O)O)cc2N1C. The third-order valence-electron chi connectivity index (χ3n) is 2.73. The number of aromatic carboxylic acids is 1. The largest absolute Gasteiger partial charge is 0.489 e. The number of likely N-dealkylation sites (N-methyl/N-ethyl adjacent to an activating group) is 1. The molecular formula is C11H13NO3. The van der Waals surface area contributed by atoms with Crippen LogP contribution in [0.1, 0.15) is 17.3 Å². The van der Waals surface area contributed by atoms with E-state index in [-0.39, 0.29) is 6.04 Å². The summed E-state index contributed by atoms with van der Waals surface area (Å²) in [6.45, 7) is 2.67. The van der Waals surface area contributed by atoms with E-state index in [0.29, 0.717) is 12.2 Å². The molecule has 4 nitrogen and oxygen atoms in total. The molecule has 2 rings (SSSR count). The van der Waals surface area contributed by atoms with E-state index in [1.165, 1.54) is 0 Å². The Balaban J connectivity index is 2.45. The number of ether oxygens (including phenoxy) is 1. The van der Waals surface area contributed by atoms with E-state index in [9.17, 15) is 4.79 Å². The van der Waals surface area contributed by atoms with Crippen molar-refractivity contribution in [2.24, 2.45) is 0 Å². The fourth-order valence-electron chi connectivity index (χ4n) is 1.61. The molecule has 15 heavy (non-hydrogen) atoms. The highest BCUT2D eigenvalue weighted by molar-refractivity contribution is 5.89. The molecule has 1 aliphatic heterocycles. The van der Waals surface area contributed by atoms with Gasteiger partial charge in [-0.3, -0.25) is 0 Å². The molecule has 1 unspecified atom stereocenters. The first-order chi connectivity index (χ1) is 7.09. The van der Waals surface area contributed by atoms with Crippen LogP contribution >= 0.6 is 0 Å². The van der Waals surface area contributed by atoms with Crippen LogP contribution in [-0.4, -0.2) is 30.8 Å². The number of nitrogens with zero attached hydrogens (tertiary/aromatic N) is 1. The van der Waals surface area contributed by atoms with Gasteiger partial charge in [0.25, 0.3) is 0 Å². The minimum Gasteiger partial charge on any atom is -0.489 e. The fourth-order valence-corrected chi connectivity index (χ4v) is 1.61. The highest BCUT2D eigenvalue weighted by atomic mass is 16.5. The topological polar surface area (TPSA) is 49.8 Å². The molecule has 1 atom stereocenters. The van der Waals surface area contributed by atoms with Crippen LogP contribution in [0.5, 0.6) is 5.75 Å². The summed E-state index contributed by atoms with van der Waals surface area (Å²) in [7, 11) is 1.94. The van der Waals surface area contributed by atoms with Crippen molar-refractivity contribution in [3.63, 3.8) is 0 Å². The van der Waals surface area contributed by atoms with Gasteiger partial charge in [0.2, 0.25) is 0 Å². The van der Waals surface area contributed by atoms with Gasteiger partial charge in [0.15, 0.2) is 0 Å². The molecule has 0 saturated heterocycles. The van der Waals surface area contributed by atoms with Crippen LogP contribution in [0.3, 0.4) is 0 Å². The summed E-state index contributed by atoms with van der Waals surface area (Å²) in [5, 5.41) is 8.88. The standard InChI is InChI=1S/C11H13NO3/c1-7-6-15-10-4-3-8(11(13)14)5-9(10)12(7)2/h3-5,7H,6H2,1-2H3,(H,13,14). The first-order valence-electron chi connectivity index (χ1n) is 4.82. The monoisotopic (exact) mass is 207 g/mol. The lowest BCUT2D eigenvalue weighted by molar-refractivity contribution is 0.0697. The van der Waals surface area contributed by atoms with Crippen molar-refractivity contribution >= 4 is 11.7 Å². The number of rotatable bonds is 1. The van der Waals surface area contributed by atoms with E-state index in [4.69, 9.17) is 9.84 Å². The van der Waals surface area contributed by atoms with Crippen molar-refractivity contribution < 1.29 is 14.6 Å². The van der Waals surface area contributed by atoms with Crippen molar-refractivity contribution in [3.05, 3.63) is 23.8 Å². The highest BCUT2D eigenvalue weighted by Gasteiger charge is 2.22. The van der Waals surface area contributed by atoms with Gasteiger partial charge in [0.05, 0.1) is 17.3 Å². The number of carboxylic acids is 1. The Hall–Kier alpha value is -1.71. The first kappa shape index (κ1) is 9.83. The second-order valence-electron chi connectivity index (χ2n) is 3.76. The summed E-state index contributed by atoms with van der Waals surface area (Å²) in [5.41, 5.74) is 1.13. The lowest BCUT2D eigenvalue weighted by atomic mass is 10.1. The van der Waals surface area contributed by atoms with E-state index >= 15 is 0 Å². The quantitative estimate of drug-likeness (QED) is 0.760. The Morgan fingerprint density at radius 1 is 1.60 bits per heavy atom. The van der Waals surface area contributed by atoms with Crippen LogP contribution in [0, 0.1) is 0 Å². The number of hydrogen-bond donors (Lipinski definition) is 1. The Labute approximate surface area is 88.1 Å². The molecule has 0 aromatic heterocycles. The van der Waals surface area contributed by atoms with Gasteiger partial charge in [0, 0.05) is 7.05 Å². The number of carbonyl (C=O) groups is 1. The van der Waals surface area contributed by atoms with E-state index in [2.05, 4.69) is 0 Å². The predicted octanol–water partition coefficient (Wildman–Crippen LogP) is 1.60. The molecule has 1 aromatic rings. The van der Waals surface area contributed by atoms with Gasteiger partial charge in [-0.2, -0.15) is 0 Å². The number of carboxylic acid groups (broad SMARTS) is 1. The lowest BCUT2D eigenvalue weighted by Gasteiger charge is -2.33. The second kappa shape index (κ2) is 3.46. The number of anilines is 1. The average molecular weight is 207 g/mol. The van der Waals surface area contributed by atoms with E-state index in [1.807, 2.05) is 18.9 Å². The Kier molecular flexibility index (Phi) is 2.26. The number of hydrogen-bond acceptors (Lipinski definition) is 3. The van der Waals surface area contributed by atoms with Gasteiger partial charge >= 0.3 is 5.97 Å². The highest BCUT2D eigenvalue weighted by Crippen LogP contribution is 2.33. The normalized spacial score (nSPS) is 19.3. The van der Waals surface area contributed by atoms with E-state index in [0.717, 1.165) is 11.4 Å². The van der Waals surface area contributed by atoms with Crippen LogP contribution in [0.4, 0.5) is 5.69 Å². The molecule has 0 spiro atoms. The number of benzene rings is 1. The molecule has 0 saturated carbocycles. The Morgan fingerprint density at radius 3 is 3.00 bits per heavy atom. The molecule has 4 heteroatoms. The molecule has 1 aliphatic rings. The van der Waals surface area contributed by atoms with Gasteiger partial charge in [-0.15, -0.1) is 0 Å². The van der Waals surface area contributed by atoms with Crippen molar-refractivity contribution in [3.8, 4) is 5.75 Å². The molecule has 0 bridgehead atoms. The van der Waals surface area contributed by atoms with Crippen LogP contribution in [0.25, 0.3) is 0 Å². The maximum atomic E-state index is 10.8. The van der Waals surface area contributed by atoms with Crippen molar-refractivity contribution in [2.75, 3.05) is 18.6 Å². The Bertz CT molecular complexity index is 403. The van der Waals surface area contributed by atoms with Crippen LogP contribution < -0.4 is 9.64 Å². The van der Waals surface area contributed by atoms with Crippen molar-refractivity contribution in [1.29, 1.82) is 0 Å². The summed E-state index contributed by atoms with van der Waals surface area (Å²) in [4.78, 5) is 12.8. The molecule has 0 aliphatic carbocycles. The van der Waals surface area contributed by atoms with Gasteiger partial charge in [0.1, 0.15) is 12.4 Å². The lowest BCUT2D eigenvalue weighted by Crippen LogP contribution is -2.38. The molecule has 0 amide bonds. The molecule has 1 heterocycles. The maximum Gasteiger partial charge on any atom is 0.335 e. The second-order valence-corrected chi connectivity index (χ2v) is 3.76. The van der Waals surface area contributed by atoms with Crippen molar-refractivity contribution in [1.82, 2.24) is 0 Å². The van der Waals surface area contributed by atoms with Gasteiger partial charge in [-0.05, 0) is 25.1 Å². The molecule has 1 aromatic carbocycles. The minimum atomic E-state index is -0.913. The van der Waals surface area contributed by atoms with Gasteiger partial charge in [-0.25, -0.2) is 4.79 Å². The maximum absolute atomic E-state index is 10.8. The number of fused-ring (bicyclic) bond motifs is 1. The zero-order valence-electron chi connectivity index (χ0n) is 8.73. The summed E-state index contributed by atoms with van der Waals surface area (Å²) in [6, 6.07) is 5.18. The van der Waals surface area contributed by atoms with Gasteiger partial charge in [-0.1, -0.05) is 0 Å². The summed E-state index contributed by atoms with van der Waals surface area (Å²) >= 11 is 0. The van der Waals surface area contributed by atoms with Crippen LogP contribution in [-0.2, 0) is 0 Å². The average Bonchev–Trinajstić information content (AvgIpc) is 2.23. The summed E-state index contributed by atoms with van der Waals surface area (Å²) < 4.78 is 5.51. The minimum absolute atomic E-state index is 0.265. The predicted molar refractivity (Wildman–Crippen MR) is 56.8 cm³/mol. The zero-order valence-corrected chi connectivity index (χ0v) is 8.73. The molecule has 80 valence electrons. The fraction of sp³-hybridized carbons (Fsp3) is 0.364.